The molecule has 0 aliphatic heterocycles. The number of carbonyl (C=O) groups is 1. The second-order valence-corrected chi connectivity index (χ2v) is 6.87. The summed E-state index contributed by atoms with van der Waals surface area (Å²) in [5.74, 6) is 0.824. The van der Waals surface area contributed by atoms with Crippen LogP contribution in [0.4, 0.5) is 5.13 Å². The van der Waals surface area contributed by atoms with Gasteiger partial charge >= 0.3 is 0 Å². The van der Waals surface area contributed by atoms with E-state index < -0.39 is 0 Å². The Morgan fingerprint density at radius 3 is 2.72 bits per heavy atom. The molecule has 1 amide bonds. The van der Waals surface area contributed by atoms with Crippen LogP contribution in [0.5, 0.6) is 11.6 Å². The Hall–Kier alpha value is -3.59. The van der Waals surface area contributed by atoms with Gasteiger partial charge in [-0.2, -0.15) is 10.2 Å². The van der Waals surface area contributed by atoms with Crippen LogP contribution in [-0.4, -0.2) is 39.8 Å². The number of carbonyl (C=O) groups excluding carboxylic acids is 1. The second kappa shape index (κ2) is 8.19. The number of nitrogens with zero attached hydrogens (tertiary/aromatic N) is 4. The number of methoxy groups -OCH3 is 1. The number of aromatic nitrogens is 4. The molecule has 1 aromatic carbocycles. The van der Waals surface area contributed by atoms with Gasteiger partial charge in [-0.05, 0) is 19.1 Å². The molecular weight excluding hydrogens is 390 g/mol. The fourth-order valence-electron chi connectivity index (χ4n) is 2.83. The Labute approximate surface area is 170 Å². The fraction of sp³-hybridized carbons (Fsp3) is 0.150. The molecule has 8 nitrogen and oxygen atoms in total. The topological polar surface area (TPSA) is 99.1 Å². The molecule has 146 valence electrons. The van der Waals surface area contributed by atoms with Crippen LogP contribution < -0.4 is 14.8 Å². The van der Waals surface area contributed by atoms with Crippen molar-refractivity contribution in [2.75, 3.05) is 19.0 Å². The van der Waals surface area contributed by atoms with Crippen LogP contribution in [0.3, 0.4) is 0 Å². The molecule has 0 aliphatic rings. The average Bonchev–Trinajstić information content (AvgIpc) is 3.15. The Balaban J connectivity index is 1.65. The summed E-state index contributed by atoms with van der Waals surface area (Å²) in [6, 6.07) is 11.0. The minimum absolute atomic E-state index is 0.343. The third-order valence-corrected chi connectivity index (χ3v) is 5.00. The minimum atomic E-state index is -0.343. The number of pyridine rings is 1. The smallest absolute Gasteiger partial charge is 0.259 e. The highest BCUT2D eigenvalue weighted by Crippen LogP contribution is 2.32. The van der Waals surface area contributed by atoms with Crippen LogP contribution in [-0.2, 0) is 0 Å². The van der Waals surface area contributed by atoms with Gasteiger partial charge in [0.25, 0.3) is 5.91 Å². The quantitative estimate of drug-likeness (QED) is 0.519. The van der Waals surface area contributed by atoms with Gasteiger partial charge in [-0.3, -0.25) is 10.1 Å². The molecule has 3 heterocycles. The van der Waals surface area contributed by atoms with Crippen LogP contribution >= 0.6 is 11.3 Å². The molecular formula is C20H17N5O3S. The number of ether oxygens (including phenoxy) is 2. The number of fused-ring (bicyclic) bond motifs is 1. The summed E-state index contributed by atoms with van der Waals surface area (Å²) in [7, 11) is 1.58. The first-order valence-corrected chi connectivity index (χ1v) is 9.67. The average molecular weight is 407 g/mol. The molecule has 4 rings (SSSR count). The number of thiazole rings is 1. The number of hydrogen-bond donors (Lipinski definition) is 1. The number of rotatable bonds is 6. The monoisotopic (exact) mass is 407 g/mol. The fourth-order valence-corrected chi connectivity index (χ4v) is 3.65. The summed E-state index contributed by atoms with van der Waals surface area (Å²) in [5, 5.41) is 11.1. The normalized spacial score (nSPS) is 10.7. The minimum Gasteiger partial charge on any atom is -0.496 e. The van der Waals surface area contributed by atoms with Crippen molar-refractivity contribution in [1.82, 2.24) is 20.2 Å². The first-order valence-electron chi connectivity index (χ1n) is 8.85. The number of anilines is 1. The summed E-state index contributed by atoms with van der Waals surface area (Å²) < 4.78 is 10.8. The van der Waals surface area contributed by atoms with E-state index in [9.17, 15) is 4.79 Å². The summed E-state index contributed by atoms with van der Waals surface area (Å²) in [6.07, 6.45) is 2.97. The van der Waals surface area contributed by atoms with E-state index in [0.717, 1.165) is 5.56 Å². The highest BCUT2D eigenvalue weighted by atomic mass is 32.1. The SMILES string of the molecule is CCOc1ccc2nc(NC(=O)c3cnncc3-c3ccccc3OC)sc2n1. The molecule has 0 saturated heterocycles. The third-order valence-electron chi connectivity index (χ3n) is 4.11. The van der Waals surface area contributed by atoms with E-state index in [1.165, 1.54) is 17.5 Å². The van der Waals surface area contributed by atoms with E-state index in [0.29, 0.717) is 44.8 Å². The molecule has 4 aromatic rings. The summed E-state index contributed by atoms with van der Waals surface area (Å²) in [4.78, 5) is 22.5. The molecule has 1 N–H and O–H groups in total. The van der Waals surface area contributed by atoms with Crippen molar-refractivity contribution in [3.05, 3.63) is 54.4 Å². The van der Waals surface area contributed by atoms with Crippen molar-refractivity contribution >= 4 is 32.7 Å². The second-order valence-electron chi connectivity index (χ2n) is 5.90. The maximum atomic E-state index is 13.0. The lowest BCUT2D eigenvalue weighted by atomic mass is 10.0. The lowest BCUT2D eigenvalue weighted by Gasteiger charge is -2.11. The van der Waals surface area contributed by atoms with E-state index in [-0.39, 0.29) is 5.91 Å². The third kappa shape index (κ3) is 3.85. The Morgan fingerprint density at radius 2 is 1.90 bits per heavy atom. The van der Waals surface area contributed by atoms with Crippen molar-refractivity contribution in [2.45, 2.75) is 6.92 Å². The van der Waals surface area contributed by atoms with Gasteiger partial charge in [0.1, 0.15) is 16.1 Å². The zero-order valence-corrected chi connectivity index (χ0v) is 16.6. The van der Waals surface area contributed by atoms with E-state index in [2.05, 4.69) is 25.5 Å². The molecule has 0 radical (unpaired) electrons. The van der Waals surface area contributed by atoms with E-state index in [1.54, 1.807) is 19.4 Å². The van der Waals surface area contributed by atoms with Crippen LogP contribution in [0.15, 0.2) is 48.8 Å². The molecule has 9 heteroatoms. The molecule has 29 heavy (non-hydrogen) atoms. The molecule has 0 bridgehead atoms. The largest absolute Gasteiger partial charge is 0.496 e. The summed E-state index contributed by atoms with van der Waals surface area (Å²) in [5.41, 5.74) is 2.42. The predicted octanol–water partition coefficient (Wildman–Crippen LogP) is 3.81. The highest BCUT2D eigenvalue weighted by molar-refractivity contribution is 7.22. The summed E-state index contributed by atoms with van der Waals surface area (Å²) in [6.45, 7) is 2.42. The van der Waals surface area contributed by atoms with Crippen LogP contribution in [0.1, 0.15) is 17.3 Å². The van der Waals surface area contributed by atoms with Crippen molar-refractivity contribution in [3.63, 3.8) is 0 Å². The lowest BCUT2D eigenvalue weighted by molar-refractivity contribution is 0.102. The molecule has 3 aromatic heterocycles. The van der Waals surface area contributed by atoms with E-state index in [4.69, 9.17) is 9.47 Å². The van der Waals surface area contributed by atoms with Gasteiger partial charge in [0.2, 0.25) is 5.88 Å². The Morgan fingerprint density at radius 1 is 1.07 bits per heavy atom. The summed E-state index contributed by atoms with van der Waals surface area (Å²) >= 11 is 1.27. The number of hydrogen-bond acceptors (Lipinski definition) is 8. The highest BCUT2D eigenvalue weighted by Gasteiger charge is 2.18. The standard InChI is InChI=1S/C20H17N5O3S/c1-3-28-17-9-8-15-19(24-17)29-20(23-15)25-18(26)14-11-22-21-10-13(14)12-6-4-5-7-16(12)27-2/h4-11H,3H2,1-2H3,(H,23,25,26). The first-order chi connectivity index (χ1) is 14.2. The van der Waals surface area contributed by atoms with Crippen LogP contribution in [0, 0.1) is 0 Å². The number of nitrogens with one attached hydrogen (secondary N) is 1. The number of benzene rings is 1. The van der Waals surface area contributed by atoms with Crippen molar-refractivity contribution < 1.29 is 14.3 Å². The van der Waals surface area contributed by atoms with Gasteiger partial charge < -0.3 is 9.47 Å². The maximum Gasteiger partial charge on any atom is 0.259 e. The van der Waals surface area contributed by atoms with Gasteiger partial charge in [0, 0.05) is 17.2 Å². The van der Waals surface area contributed by atoms with Gasteiger partial charge in [-0.15, -0.1) is 0 Å². The van der Waals surface area contributed by atoms with Crippen LogP contribution in [0.25, 0.3) is 21.5 Å². The first kappa shape index (κ1) is 18.8. The molecule has 0 saturated carbocycles. The molecule has 0 atom stereocenters. The van der Waals surface area contributed by atoms with Crippen LogP contribution in [0.2, 0.25) is 0 Å². The molecule has 0 unspecified atom stereocenters. The zero-order valence-electron chi connectivity index (χ0n) is 15.7. The molecule has 0 fully saturated rings. The van der Waals surface area contributed by atoms with Gasteiger partial charge in [-0.25, -0.2) is 9.97 Å². The zero-order chi connectivity index (χ0) is 20.2. The van der Waals surface area contributed by atoms with E-state index >= 15 is 0 Å². The predicted molar refractivity (Wildman–Crippen MR) is 111 cm³/mol. The number of para-hydroxylation sites is 1. The Kier molecular flexibility index (Phi) is 5.30. The molecule has 0 aliphatic carbocycles. The molecule has 0 spiro atoms. The Bertz CT molecular complexity index is 1180. The van der Waals surface area contributed by atoms with Gasteiger partial charge in [-0.1, -0.05) is 29.5 Å². The van der Waals surface area contributed by atoms with E-state index in [1.807, 2.05) is 37.3 Å². The van der Waals surface area contributed by atoms with Crippen molar-refractivity contribution in [1.29, 1.82) is 0 Å². The van der Waals surface area contributed by atoms with Gasteiger partial charge in [0.15, 0.2) is 5.13 Å². The van der Waals surface area contributed by atoms with Crippen molar-refractivity contribution in [2.24, 2.45) is 0 Å². The number of amides is 1. The maximum absolute atomic E-state index is 13.0. The lowest BCUT2D eigenvalue weighted by Crippen LogP contribution is -2.14. The van der Waals surface area contributed by atoms with Crippen molar-refractivity contribution in [3.8, 4) is 22.8 Å². The van der Waals surface area contributed by atoms with Gasteiger partial charge in [0.05, 0.1) is 31.7 Å².